The summed E-state index contributed by atoms with van der Waals surface area (Å²) in [7, 11) is 0. The maximum atomic E-state index is 14.1. The molecule has 93 heavy (non-hydrogen) atoms. The topological polar surface area (TPSA) is 571 Å². The number of nitrogens with two attached hydrogens (primary N) is 3. The zero-order chi connectivity index (χ0) is 71.3. The van der Waals surface area contributed by atoms with Gasteiger partial charge in [-0.3, -0.25) is 67.1 Å². The highest BCUT2D eigenvalue weighted by molar-refractivity contribution is 7.80. The highest BCUT2D eigenvalue weighted by Gasteiger charge is 2.42. The number of carboxylic acid groups (broad SMARTS) is 2. The molecule has 0 unspecified atom stereocenters. The van der Waals surface area contributed by atoms with E-state index in [9.17, 15) is 97.5 Å². The first-order valence-corrected chi connectivity index (χ1v) is 31.7. The summed E-state index contributed by atoms with van der Waals surface area (Å²) < 4.78 is 0. The number of thiol groups is 2. The number of aliphatic hydroxyl groups is 3. The Bertz CT molecular complexity index is 2620. The third-order valence-electron chi connectivity index (χ3n) is 15.0. The molecule has 0 radical (unpaired) electrons. The van der Waals surface area contributed by atoms with Crippen LogP contribution in [0.25, 0.3) is 0 Å². The Morgan fingerprint density at radius 2 is 0.978 bits per heavy atom. The fourth-order valence-electron chi connectivity index (χ4n) is 9.26. The fraction of sp³-hybridized carbons (Fsp3) is 0.732. The third kappa shape index (κ3) is 28.0. The number of carbonyl (C=O) groups is 15. The second-order valence-corrected chi connectivity index (χ2v) is 24.2. The maximum Gasteiger partial charge on any atom is 0.328 e. The van der Waals surface area contributed by atoms with Crippen molar-refractivity contribution in [2.24, 2.45) is 35.0 Å². The van der Waals surface area contributed by atoms with Gasteiger partial charge in [0.05, 0.1) is 37.3 Å². The molecule has 528 valence electrons. The molecule has 0 aromatic carbocycles. The Balaban J connectivity index is 3.24. The van der Waals surface area contributed by atoms with E-state index < -0.39 is 217 Å². The molecule has 0 spiro atoms. The number of unbranched alkanes of at least 4 members (excludes halogenated alkanes) is 1. The average molecular weight is 1360 g/mol. The van der Waals surface area contributed by atoms with Gasteiger partial charge in [0.1, 0.15) is 60.4 Å². The Morgan fingerprint density at radius 1 is 0.527 bits per heavy atom. The predicted octanol–water partition coefficient (Wildman–Crippen LogP) is -7.42. The van der Waals surface area contributed by atoms with Crippen LogP contribution in [0, 0.1) is 17.8 Å². The lowest BCUT2D eigenvalue weighted by molar-refractivity contribution is -0.146. The minimum atomic E-state index is -1.90. The summed E-state index contributed by atoms with van der Waals surface area (Å²) in [5.74, 6) is -18.5. The zero-order valence-corrected chi connectivity index (χ0v) is 55.5. The van der Waals surface area contributed by atoms with Crippen molar-refractivity contribution in [3.63, 3.8) is 0 Å². The molecule has 0 aliphatic carbocycles. The van der Waals surface area contributed by atoms with Gasteiger partial charge >= 0.3 is 11.9 Å². The number of amides is 13. The number of carboxylic acids is 2. The molecule has 1 aliphatic heterocycles. The summed E-state index contributed by atoms with van der Waals surface area (Å²) in [6.07, 6.45) is -4.72. The first-order chi connectivity index (χ1) is 43.4. The summed E-state index contributed by atoms with van der Waals surface area (Å²) in [5.41, 5.74) is 16.8. The molecule has 37 heteroatoms. The van der Waals surface area contributed by atoms with Crippen molar-refractivity contribution in [1.82, 2.24) is 63.4 Å². The molecule has 1 saturated heterocycles. The number of hydrogen-bond acceptors (Lipinski definition) is 22. The molecule has 1 rings (SSSR count). The van der Waals surface area contributed by atoms with Crippen LogP contribution in [0.2, 0.25) is 0 Å². The Morgan fingerprint density at radius 3 is 1.45 bits per heavy atom. The van der Waals surface area contributed by atoms with E-state index in [1.54, 1.807) is 27.7 Å². The van der Waals surface area contributed by atoms with Crippen molar-refractivity contribution in [2.75, 3.05) is 31.1 Å². The van der Waals surface area contributed by atoms with E-state index in [1.807, 2.05) is 5.32 Å². The van der Waals surface area contributed by atoms with Gasteiger partial charge in [-0.05, 0) is 77.2 Å². The summed E-state index contributed by atoms with van der Waals surface area (Å²) in [5, 5.41) is 75.6. The largest absolute Gasteiger partial charge is 0.481 e. The monoisotopic (exact) mass is 1360 g/mol. The lowest BCUT2D eigenvalue weighted by Gasteiger charge is -2.31. The number of rotatable bonds is 42. The van der Waals surface area contributed by atoms with Crippen LogP contribution in [0.3, 0.4) is 0 Å². The third-order valence-corrected chi connectivity index (χ3v) is 15.7. The molecular formula is C56H97N15O20S2. The van der Waals surface area contributed by atoms with Crippen molar-refractivity contribution in [3.8, 4) is 0 Å². The quantitative estimate of drug-likeness (QED) is 0.0199. The standard InChI is InChI=1S/C56H97N15O20S2/c1-10-26(6)41(52(86)69-43(28(8)73)53(87)66-40(25(4)5)50(84)63-32(20-36(59)75)47(81)68-42(27(7)72)54(88)70-44(29(9)74)56(90)91)67-48(82)33(22-92)64-51(85)39(24(2)3)65-49(83)35-15-13-19-71(35)55(89)34(23-93)61-37(76)21-60-46(80)31(16-17-38(77)78)62-45(79)30(58)14-11-12-18-57/h24-35,39-44,72-74,92-93H,10-23,57-58H2,1-9H3,(H2,59,75)(H,60,80)(H,61,76)(H,62,79)(H,63,84)(H,64,85)(H,65,83)(H,66,87)(H,67,82)(H,68,81)(H,69,86)(H,70,88)(H,77,78)(H,90,91)/t26-,27+,28+,29+,30-,31-,32-,33-,34-,35-,39-,40-,41-,42-,43-,44-/m0/s1. The number of aliphatic hydroxyl groups excluding tert-OH is 3. The van der Waals surface area contributed by atoms with Gasteiger partial charge < -0.3 is 106 Å². The second-order valence-electron chi connectivity index (χ2n) is 23.4. The van der Waals surface area contributed by atoms with E-state index in [2.05, 4.69) is 78.4 Å². The highest BCUT2D eigenvalue weighted by atomic mass is 32.1. The molecule has 1 heterocycles. The number of likely N-dealkylation sites (tertiary alicyclic amines) is 1. The van der Waals surface area contributed by atoms with Crippen LogP contribution in [-0.4, -0.2) is 241 Å². The molecule has 35 nitrogen and oxygen atoms in total. The number of nitrogens with zero attached hydrogens (tertiary/aromatic N) is 1. The molecule has 1 aliphatic rings. The Kier molecular flexibility index (Phi) is 37.1. The van der Waals surface area contributed by atoms with E-state index >= 15 is 0 Å². The molecule has 1 fully saturated rings. The molecule has 13 amide bonds. The fourth-order valence-corrected chi connectivity index (χ4v) is 9.77. The molecule has 22 N–H and O–H groups in total. The van der Waals surface area contributed by atoms with Crippen LogP contribution in [-0.2, 0) is 71.9 Å². The van der Waals surface area contributed by atoms with Gasteiger partial charge in [0.2, 0.25) is 76.8 Å². The lowest BCUT2D eigenvalue weighted by atomic mass is 9.96. The van der Waals surface area contributed by atoms with Crippen molar-refractivity contribution >= 4 is 114 Å². The predicted molar refractivity (Wildman–Crippen MR) is 338 cm³/mol. The Labute approximate surface area is 549 Å². The summed E-state index contributed by atoms with van der Waals surface area (Å²) in [4.78, 5) is 199. The van der Waals surface area contributed by atoms with Crippen LogP contribution < -0.4 is 75.7 Å². The second kappa shape index (κ2) is 41.3. The summed E-state index contributed by atoms with van der Waals surface area (Å²) in [6, 6.07) is -18.3. The average Bonchev–Trinajstić information content (AvgIpc) is 1.81. The number of aliphatic carboxylic acids is 2. The van der Waals surface area contributed by atoms with E-state index in [1.165, 1.54) is 18.7 Å². The zero-order valence-electron chi connectivity index (χ0n) is 53.7. The molecule has 0 aromatic heterocycles. The van der Waals surface area contributed by atoms with Crippen molar-refractivity contribution in [2.45, 2.75) is 211 Å². The SMILES string of the molecule is CC[C@H](C)[C@H](NC(=O)[C@H](CS)NC(=O)[C@@H](NC(=O)[C@@H]1CCCN1C(=O)[C@H](CS)NC(=O)CNC(=O)[C@H](CCC(=O)O)NC(=O)[C@@H](N)CCCCN)C(C)C)C(=O)N[C@H](C(=O)N[C@H](C(=O)N[C@@H](CC(N)=O)C(=O)N[C@H](C(=O)N[C@H](C(=O)O)[C@@H](C)O)[C@@H](C)O)C(C)C)[C@@H](C)O. The molecule has 0 saturated carbocycles. The Hall–Kier alpha value is -7.45. The van der Waals surface area contributed by atoms with Gasteiger partial charge in [-0.15, -0.1) is 0 Å². The van der Waals surface area contributed by atoms with Gasteiger partial charge in [-0.2, -0.15) is 25.3 Å². The summed E-state index contributed by atoms with van der Waals surface area (Å²) >= 11 is 8.48. The van der Waals surface area contributed by atoms with Gasteiger partial charge in [0.25, 0.3) is 0 Å². The molecule has 16 atom stereocenters. The van der Waals surface area contributed by atoms with Crippen molar-refractivity contribution in [1.29, 1.82) is 0 Å². The summed E-state index contributed by atoms with van der Waals surface area (Å²) in [6.45, 7) is 12.2. The van der Waals surface area contributed by atoms with Crippen molar-refractivity contribution in [3.05, 3.63) is 0 Å². The van der Waals surface area contributed by atoms with Crippen LogP contribution in [0.1, 0.15) is 120 Å². The van der Waals surface area contributed by atoms with E-state index in [0.717, 1.165) is 20.8 Å². The molecule has 0 bridgehead atoms. The molecular weight excluding hydrogens is 1270 g/mol. The number of hydrogen-bond donors (Lipinski definition) is 21. The molecule has 0 aromatic rings. The van der Waals surface area contributed by atoms with E-state index in [4.69, 9.17) is 17.2 Å². The van der Waals surface area contributed by atoms with E-state index in [0.29, 0.717) is 25.8 Å². The highest BCUT2D eigenvalue weighted by Crippen LogP contribution is 2.20. The van der Waals surface area contributed by atoms with Crippen LogP contribution in [0.5, 0.6) is 0 Å². The van der Waals surface area contributed by atoms with Gasteiger partial charge in [-0.1, -0.05) is 54.4 Å². The smallest absolute Gasteiger partial charge is 0.328 e. The van der Waals surface area contributed by atoms with Gasteiger partial charge in [-0.25, -0.2) is 4.79 Å². The van der Waals surface area contributed by atoms with Crippen LogP contribution >= 0.6 is 25.3 Å². The van der Waals surface area contributed by atoms with Crippen LogP contribution in [0.4, 0.5) is 0 Å². The number of nitrogens with one attached hydrogen (secondary N) is 11. The van der Waals surface area contributed by atoms with E-state index in [-0.39, 0.29) is 43.7 Å². The van der Waals surface area contributed by atoms with Crippen LogP contribution in [0.15, 0.2) is 0 Å². The maximum absolute atomic E-state index is 14.1. The lowest BCUT2D eigenvalue weighted by Crippen LogP contribution is -2.64. The first-order valence-electron chi connectivity index (χ1n) is 30.4. The number of carbonyl (C=O) groups excluding carboxylic acids is 13. The normalized spacial score (nSPS) is 17.8. The number of primary amides is 1. The minimum absolute atomic E-state index is 0.0471. The first kappa shape index (κ1) is 83.6. The minimum Gasteiger partial charge on any atom is -0.481 e. The van der Waals surface area contributed by atoms with Crippen molar-refractivity contribution < 1.29 is 97.5 Å². The van der Waals surface area contributed by atoms with Gasteiger partial charge in [0.15, 0.2) is 6.04 Å². The van der Waals surface area contributed by atoms with Gasteiger partial charge in [0, 0.05) is 24.5 Å².